The Kier molecular flexibility index (Phi) is 11.0. The highest BCUT2D eigenvalue weighted by atomic mass is 19.4. The molecule has 2 saturated heterocycles. The molecule has 2 fully saturated rings. The number of hydrogen-bond donors (Lipinski definition) is 1. The van der Waals surface area contributed by atoms with E-state index in [9.17, 15) is 18.0 Å². The van der Waals surface area contributed by atoms with Crippen LogP contribution in [0.3, 0.4) is 0 Å². The molecular weight excluding hydrogens is 648 g/mol. The Labute approximate surface area is 289 Å². The fourth-order valence-corrected chi connectivity index (χ4v) is 6.63. The van der Waals surface area contributed by atoms with Gasteiger partial charge in [-0.15, -0.1) is 5.10 Å². The number of pyridine rings is 1. The molecule has 1 unspecified atom stereocenters. The van der Waals surface area contributed by atoms with Gasteiger partial charge < -0.3 is 15.0 Å². The number of nitrogens with zero attached hydrogens (tertiary/aromatic N) is 5. The molecule has 0 bridgehead atoms. The van der Waals surface area contributed by atoms with Crippen LogP contribution >= 0.6 is 0 Å². The number of likely N-dealkylation sites (tertiary alicyclic amines) is 1. The number of amides is 1. The third-order valence-electron chi connectivity index (χ3n) is 9.24. The molecule has 50 heavy (non-hydrogen) atoms. The Morgan fingerprint density at radius 3 is 2.42 bits per heavy atom. The summed E-state index contributed by atoms with van der Waals surface area (Å²) in [6.45, 7) is 2.96. The van der Waals surface area contributed by atoms with Crippen LogP contribution in [-0.4, -0.2) is 83.0 Å². The monoisotopic (exact) mass is 690 g/mol. The number of halogens is 4. The summed E-state index contributed by atoms with van der Waals surface area (Å²) >= 11 is 0. The quantitative estimate of drug-likeness (QED) is 0.105. The SMILES string of the molecule is CN(C)C(=O)/C=C/CN1CCC(Nc2ccc(/C(=C(/CC(F)(F)F)c3ccccc3)c3ccc4c(c3)c(F)nn4C3CCCCO3)cn2)CC1. The highest BCUT2D eigenvalue weighted by Crippen LogP contribution is 2.40. The van der Waals surface area contributed by atoms with Crippen LogP contribution in [0, 0.1) is 5.95 Å². The zero-order chi connectivity index (χ0) is 35.3. The standard InChI is InChI=1S/C38H42F4N6O2/c1-46(2)34(49)11-8-19-47-20-17-29(18-21-47)44-33-16-14-28(25-43-33)36(31(24-38(40,41)42)26-9-4-3-5-10-26)27-13-15-32-30(23-27)37(39)45-48(32)35-12-6-7-22-50-35/h3-5,8-11,13-16,23,25,29,35H,6-7,12,17-22,24H2,1-2H3,(H,43,44)/b11-8+,36-31-. The Morgan fingerprint density at radius 2 is 1.76 bits per heavy atom. The van der Waals surface area contributed by atoms with E-state index in [2.05, 4.69) is 20.3 Å². The van der Waals surface area contributed by atoms with E-state index in [1.807, 2.05) is 6.08 Å². The van der Waals surface area contributed by atoms with Crippen molar-refractivity contribution in [1.82, 2.24) is 24.6 Å². The number of fused-ring (bicyclic) bond motifs is 1. The zero-order valence-electron chi connectivity index (χ0n) is 28.3. The minimum Gasteiger partial charge on any atom is -0.367 e. The van der Waals surface area contributed by atoms with E-state index < -0.39 is 24.8 Å². The van der Waals surface area contributed by atoms with Crippen molar-refractivity contribution in [3.63, 3.8) is 0 Å². The van der Waals surface area contributed by atoms with Gasteiger partial charge in [-0.25, -0.2) is 9.67 Å². The number of carbonyl (C=O) groups excluding carboxylic acids is 1. The minimum atomic E-state index is -4.50. The van der Waals surface area contributed by atoms with Gasteiger partial charge in [0.15, 0.2) is 6.23 Å². The fourth-order valence-electron chi connectivity index (χ4n) is 6.63. The van der Waals surface area contributed by atoms with Crippen molar-refractivity contribution in [2.24, 2.45) is 0 Å². The molecule has 2 aromatic carbocycles. The molecule has 12 heteroatoms. The Balaban J connectivity index is 1.29. The number of piperidine rings is 1. The summed E-state index contributed by atoms with van der Waals surface area (Å²) in [5.41, 5.74) is 2.25. The van der Waals surface area contributed by atoms with Gasteiger partial charge in [0, 0.05) is 64.2 Å². The lowest BCUT2D eigenvalue weighted by Gasteiger charge is -2.32. The normalized spacial score (nSPS) is 18.4. The predicted octanol–water partition coefficient (Wildman–Crippen LogP) is 7.70. The number of rotatable bonds is 10. The number of benzene rings is 2. The van der Waals surface area contributed by atoms with E-state index in [1.165, 1.54) is 4.90 Å². The molecule has 4 heterocycles. The van der Waals surface area contributed by atoms with Gasteiger partial charge in [-0.2, -0.15) is 17.6 Å². The molecule has 2 aliphatic heterocycles. The first-order valence-electron chi connectivity index (χ1n) is 17.0. The Morgan fingerprint density at radius 1 is 1.00 bits per heavy atom. The van der Waals surface area contributed by atoms with E-state index in [0.717, 1.165) is 38.8 Å². The maximum absolute atomic E-state index is 15.4. The smallest absolute Gasteiger partial charge is 0.367 e. The van der Waals surface area contributed by atoms with E-state index in [0.29, 0.717) is 53.2 Å². The molecule has 1 N–H and O–H groups in total. The summed E-state index contributed by atoms with van der Waals surface area (Å²) < 4.78 is 65.5. The summed E-state index contributed by atoms with van der Waals surface area (Å²) in [5, 5.41) is 7.83. The maximum Gasteiger partial charge on any atom is 0.393 e. The van der Waals surface area contributed by atoms with E-state index in [4.69, 9.17) is 4.74 Å². The topological polar surface area (TPSA) is 75.5 Å². The largest absolute Gasteiger partial charge is 0.393 e. The average Bonchev–Trinajstić information content (AvgIpc) is 3.45. The number of nitrogens with one attached hydrogen (secondary N) is 1. The van der Waals surface area contributed by atoms with E-state index >= 15 is 4.39 Å². The van der Waals surface area contributed by atoms with Gasteiger partial charge in [-0.05, 0) is 78.6 Å². The van der Waals surface area contributed by atoms with Gasteiger partial charge in [-0.3, -0.25) is 9.69 Å². The molecular formula is C38H42F4N6O2. The second-order valence-electron chi connectivity index (χ2n) is 13.1. The van der Waals surface area contributed by atoms with Gasteiger partial charge in [0.2, 0.25) is 11.9 Å². The lowest BCUT2D eigenvalue weighted by Crippen LogP contribution is -2.39. The summed E-state index contributed by atoms with van der Waals surface area (Å²) in [6, 6.07) is 17.2. The lowest BCUT2D eigenvalue weighted by molar-refractivity contribution is -0.124. The number of hydrogen-bond acceptors (Lipinski definition) is 6. The highest BCUT2D eigenvalue weighted by molar-refractivity contribution is 6.00. The molecule has 1 amide bonds. The number of alkyl halides is 3. The number of allylic oxidation sites excluding steroid dienone is 1. The van der Waals surface area contributed by atoms with Crippen molar-refractivity contribution in [3.05, 3.63) is 102 Å². The molecule has 0 saturated carbocycles. The molecule has 8 nitrogen and oxygen atoms in total. The van der Waals surface area contributed by atoms with Gasteiger partial charge in [-0.1, -0.05) is 42.5 Å². The van der Waals surface area contributed by atoms with Crippen LogP contribution in [0.15, 0.2) is 79.0 Å². The fraction of sp³-hybridized carbons (Fsp3) is 0.395. The van der Waals surface area contributed by atoms with Crippen LogP contribution in [0.5, 0.6) is 0 Å². The summed E-state index contributed by atoms with van der Waals surface area (Å²) in [6.07, 6.45) is 3.29. The van der Waals surface area contributed by atoms with Crippen LogP contribution < -0.4 is 5.32 Å². The maximum atomic E-state index is 15.4. The number of likely N-dealkylation sites (N-methyl/N-ethyl adjacent to an activating group) is 1. The minimum absolute atomic E-state index is 0.0445. The molecule has 4 aromatic rings. The number of carbonyl (C=O) groups is 1. The predicted molar refractivity (Wildman–Crippen MR) is 187 cm³/mol. The van der Waals surface area contributed by atoms with Crippen LogP contribution in [0.4, 0.5) is 23.4 Å². The number of ether oxygens (including phenoxy) is 1. The third-order valence-corrected chi connectivity index (χ3v) is 9.24. The highest BCUT2D eigenvalue weighted by Gasteiger charge is 2.32. The second-order valence-corrected chi connectivity index (χ2v) is 13.1. The second kappa shape index (κ2) is 15.6. The van der Waals surface area contributed by atoms with Crippen molar-refractivity contribution >= 4 is 33.8 Å². The molecule has 1 atom stereocenters. The molecule has 2 aromatic heterocycles. The third kappa shape index (κ3) is 8.59. The van der Waals surface area contributed by atoms with Crippen LogP contribution in [-0.2, 0) is 9.53 Å². The number of anilines is 1. The van der Waals surface area contributed by atoms with Gasteiger partial charge in [0.25, 0.3) is 0 Å². The van der Waals surface area contributed by atoms with E-state index in [1.54, 1.807) is 91.7 Å². The molecule has 2 aliphatic rings. The first kappa shape index (κ1) is 35.3. The van der Waals surface area contributed by atoms with Crippen LogP contribution in [0.2, 0.25) is 0 Å². The Hall–Kier alpha value is -4.55. The van der Waals surface area contributed by atoms with Crippen LogP contribution in [0.25, 0.3) is 22.0 Å². The van der Waals surface area contributed by atoms with Crippen molar-refractivity contribution in [2.75, 3.05) is 45.7 Å². The van der Waals surface area contributed by atoms with Crippen molar-refractivity contribution in [2.45, 2.75) is 57.0 Å². The molecule has 264 valence electrons. The van der Waals surface area contributed by atoms with Gasteiger partial charge in [0.1, 0.15) is 5.82 Å². The lowest BCUT2D eigenvalue weighted by atomic mass is 9.88. The van der Waals surface area contributed by atoms with Gasteiger partial charge >= 0.3 is 6.18 Å². The molecule has 0 radical (unpaired) electrons. The van der Waals surface area contributed by atoms with E-state index in [-0.39, 0.29) is 22.9 Å². The molecule has 0 aliphatic carbocycles. The molecule has 6 rings (SSSR count). The van der Waals surface area contributed by atoms with Crippen LogP contribution in [0.1, 0.15) is 61.4 Å². The summed E-state index contributed by atoms with van der Waals surface area (Å²) in [5.74, 6) is -0.124. The summed E-state index contributed by atoms with van der Waals surface area (Å²) in [7, 11) is 3.44. The first-order valence-corrected chi connectivity index (χ1v) is 17.0. The van der Waals surface area contributed by atoms with Gasteiger partial charge in [0.05, 0.1) is 17.3 Å². The van der Waals surface area contributed by atoms with Crippen molar-refractivity contribution < 1.29 is 27.1 Å². The molecule has 0 spiro atoms. The van der Waals surface area contributed by atoms with Crippen molar-refractivity contribution in [1.29, 1.82) is 0 Å². The summed E-state index contributed by atoms with van der Waals surface area (Å²) in [4.78, 5) is 20.3. The Bertz CT molecular complexity index is 1820. The zero-order valence-corrected chi connectivity index (χ0v) is 28.3. The number of aromatic nitrogens is 3. The van der Waals surface area contributed by atoms with Crippen molar-refractivity contribution in [3.8, 4) is 0 Å². The first-order chi connectivity index (χ1) is 24.1. The average molecular weight is 691 g/mol.